The topological polar surface area (TPSA) is 80.6 Å². The summed E-state index contributed by atoms with van der Waals surface area (Å²) in [6.07, 6.45) is -0.810. The lowest BCUT2D eigenvalue weighted by atomic mass is 10.1. The highest BCUT2D eigenvalue weighted by molar-refractivity contribution is 9.10. The molecule has 1 unspecified atom stereocenters. The van der Waals surface area contributed by atoms with Gasteiger partial charge in [-0.15, -0.1) is 0 Å². The maximum atomic E-state index is 12.4. The van der Waals surface area contributed by atoms with Gasteiger partial charge in [0, 0.05) is 20.4 Å². The van der Waals surface area contributed by atoms with Gasteiger partial charge in [-0.05, 0) is 50.2 Å². The third kappa shape index (κ3) is 4.43. The van der Waals surface area contributed by atoms with E-state index in [2.05, 4.69) is 26.8 Å². The van der Waals surface area contributed by atoms with Crippen molar-refractivity contribution >= 4 is 50.3 Å². The van der Waals surface area contributed by atoms with Crippen molar-refractivity contribution < 1.29 is 18.7 Å². The van der Waals surface area contributed by atoms with E-state index >= 15 is 0 Å². The molecule has 2 aromatic carbocycles. The maximum absolute atomic E-state index is 12.4. The van der Waals surface area contributed by atoms with E-state index in [-0.39, 0.29) is 5.76 Å². The number of fused-ring (bicyclic) bond motifs is 1. The van der Waals surface area contributed by atoms with Gasteiger partial charge in [0.2, 0.25) is 0 Å². The Balaban J connectivity index is 1.63. The molecule has 0 aliphatic carbocycles. The first kappa shape index (κ1) is 19.3. The minimum absolute atomic E-state index is 0.105. The number of hydrogen-bond donors (Lipinski definition) is 2. The summed E-state index contributed by atoms with van der Waals surface area (Å²) in [6, 6.07) is 12.2. The quantitative estimate of drug-likeness (QED) is 0.577. The number of aryl methyl sites for hydroxylation is 1. The number of carbonyl (C=O) groups is 2. The molecule has 8 heteroatoms. The summed E-state index contributed by atoms with van der Waals surface area (Å²) in [5, 5.41) is 1.29. The second kappa shape index (κ2) is 8.02. The highest BCUT2D eigenvalue weighted by Gasteiger charge is 2.20. The van der Waals surface area contributed by atoms with Crippen LogP contribution in [0.5, 0.6) is 5.75 Å². The lowest BCUT2D eigenvalue weighted by molar-refractivity contribution is -0.128. The highest BCUT2D eigenvalue weighted by atomic mass is 79.9. The molecule has 0 aliphatic rings. The van der Waals surface area contributed by atoms with Gasteiger partial charge in [-0.2, -0.15) is 0 Å². The normalized spacial score (nSPS) is 11.9. The number of halogens is 2. The molecule has 0 saturated carbocycles. The van der Waals surface area contributed by atoms with Crippen molar-refractivity contribution in [3.05, 3.63) is 63.3 Å². The van der Waals surface area contributed by atoms with Crippen LogP contribution in [0.15, 0.2) is 51.4 Å². The van der Waals surface area contributed by atoms with Crippen LogP contribution in [-0.4, -0.2) is 17.9 Å². The third-order valence-electron chi connectivity index (χ3n) is 3.88. The molecule has 0 bridgehead atoms. The molecule has 6 nitrogen and oxygen atoms in total. The summed E-state index contributed by atoms with van der Waals surface area (Å²) in [6.45, 7) is 3.33. The van der Waals surface area contributed by atoms with E-state index in [0.29, 0.717) is 21.9 Å². The molecular weight excluding hydrogens is 436 g/mol. The number of ether oxygens (including phenoxy) is 1. The van der Waals surface area contributed by atoms with Gasteiger partial charge in [-0.1, -0.05) is 33.6 Å². The second-order valence-corrected chi connectivity index (χ2v) is 7.21. The summed E-state index contributed by atoms with van der Waals surface area (Å²) in [7, 11) is 0. The number of hydrazine groups is 1. The highest BCUT2D eigenvalue weighted by Crippen LogP contribution is 2.27. The van der Waals surface area contributed by atoms with Crippen LogP contribution in [0.25, 0.3) is 11.0 Å². The van der Waals surface area contributed by atoms with E-state index in [1.54, 1.807) is 50.2 Å². The number of nitrogens with one attached hydrogen (secondary N) is 2. The lowest BCUT2D eigenvalue weighted by Gasteiger charge is -2.15. The summed E-state index contributed by atoms with van der Waals surface area (Å²) >= 11 is 9.31. The van der Waals surface area contributed by atoms with Crippen LogP contribution >= 0.6 is 27.5 Å². The van der Waals surface area contributed by atoms with E-state index in [4.69, 9.17) is 20.8 Å². The average molecular weight is 452 g/mol. The molecule has 3 aromatic rings. The van der Waals surface area contributed by atoms with Gasteiger partial charge in [0.25, 0.3) is 5.91 Å². The van der Waals surface area contributed by atoms with Crippen LogP contribution < -0.4 is 15.6 Å². The van der Waals surface area contributed by atoms with E-state index in [1.165, 1.54) is 0 Å². The van der Waals surface area contributed by atoms with Gasteiger partial charge in [0.05, 0.1) is 0 Å². The van der Waals surface area contributed by atoms with E-state index < -0.39 is 17.9 Å². The fraction of sp³-hybridized carbons (Fsp3) is 0.158. The molecule has 1 aromatic heterocycles. The first-order valence-electron chi connectivity index (χ1n) is 8.06. The molecule has 2 amide bonds. The molecule has 0 fully saturated rings. The van der Waals surface area contributed by atoms with Crippen molar-refractivity contribution in [1.82, 2.24) is 10.9 Å². The summed E-state index contributed by atoms with van der Waals surface area (Å²) < 4.78 is 11.9. The number of benzene rings is 2. The molecule has 3 rings (SSSR count). The standard InChI is InChI=1S/C19H16BrClN2O4/c1-10-15-9-13(21)6-7-16(15)27-17(10)19(25)23-22-18(24)11(2)26-14-5-3-4-12(20)8-14/h3-9,11H,1-2H3,(H,22,24)(H,23,25). The summed E-state index contributed by atoms with van der Waals surface area (Å²) in [4.78, 5) is 24.5. The average Bonchev–Trinajstić information content (AvgIpc) is 2.95. The van der Waals surface area contributed by atoms with Crippen LogP contribution in [0.1, 0.15) is 23.0 Å². The van der Waals surface area contributed by atoms with Crippen molar-refractivity contribution in [3.8, 4) is 5.75 Å². The molecule has 27 heavy (non-hydrogen) atoms. The minimum Gasteiger partial charge on any atom is -0.481 e. The molecule has 0 saturated heterocycles. The first-order chi connectivity index (χ1) is 12.8. The Morgan fingerprint density at radius 2 is 1.96 bits per heavy atom. The van der Waals surface area contributed by atoms with E-state index in [9.17, 15) is 9.59 Å². The van der Waals surface area contributed by atoms with Crippen LogP contribution in [-0.2, 0) is 4.79 Å². The Morgan fingerprint density at radius 1 is 1.19 bits per heavy atom. The zero-order valence-electron chi connectivity index (χ0n) is 14.5. The molecule has 140 valence electrons. The van der Waals surface area contributed by atoms with Crippen LogP contribution in [0.2, 0.25) is 5.02 Å². The van der Waals surface area contributed by atoms with Gasteiger partial charge in [-0.25, -0.2) is 0 Å². The van der Waals surface area contributed by atoms with Gasteiger partial charge in [0.15, 0.2) is 11.9 Å². The molecule has 0 aliphatic heterocycles. The largest absolute Gasteiger partial charge is 0.481 e. The maximum Gasteiger partial charge on any atom is 0.305 e. The molecular formula is C19H16BrClN2O4. The molecule has 1 atom stereocenters. The van der Waals surface area contributed by atoms with Crippen molar-refractivity contribution in [2.45, 2.75) is 20.0 Å². The van der Waals surface area contributed by atoms with Gasteiger partial charge in [-0.3, -0.25) is 20.4 Å². The Kier molecular flexibility index (Phi) is 5.72. The third-order valence-corrected chi connectivity index (χ3v) is 4.61. The summed E-state index contributed by atoms with van der Waals surface area (Å²) in [5.41, 5.74) is 5.85. The number of furan rings is 1. The predicted octanol–water partition coefficient (Wildman–Crippen LogP) is 4.39. The van der Waals surface area contributed by atoms with Gasteiger partial charge in [0.1, 0.15) is 11.3 Å². The fourth-order valence-electron chi connectivity index (χ4n) is 2.48. The zero-order valence-corrected chi connectivity index (χ0v) is 16.8. The monoisotopic (exact) mass is 450 g/mol. The molecule has 0 radical (unpaired) electrons. The van der Waals surface area contributed by atoms with Gasteiger partial charge >= 0.3 is 5.91 Å². The first-order valence-corrected chi connectivity index (χ1v) is 9.23. The van der Waals surface area contributed by atoms with Crippen molar-refractivity contribution in [2.24, 2.45) is 0 Å². The Hall–Kier alpha value is -2.51. The van der Waals surface area contributed by atoms with Crippen LogP contribution in [0, 0.1) is 6.92 Å². The van der Waals surface area contributed by atoms with Gasteiger partial charge < -0.3 is 9.15 Å². The zero-order chi connectivity index (χ0) is 19.6. The lowest BCUT2D eigenvalue weighted by Crippen LogP contribution is -2.47. The smallest absolute Gasteiger partial charge is 0.305 e. The number of rotatable bonds is 4. The Morgan fingerprint density at radius 3 is 2.70 bits per heavy atom. The number of hydrogen-bond acceptors (Lipinski definition) is 4. The predicted molar refractivity (Wildman–Crippen MR) is 106 cm³/mol. The Labute approximate surface area is 168 Å². The van der Waals surface area contributed by atoms with Crippen LogP contribution in [0.3, 0.4) is 0 Å². The minimum atomic E-state index is -0.810. The van der Waals surface area contributed by atoms with Crippen molar-refractivity contribution in [1.29, 1.82) is 0 Å². The van der Waals surface area contributed by atoms with E-state index in [0.717, 1.165) is 9.86 Å². The number of amides is 2. The van der Waals surface area contributed by atoms with Crippen LogP contribution in [0.4, 0.5) is 0 Å². The van der Waals surface area contributed by atoms with E-state index in [1.807, 2.05) is 6.07 Å². The second-order valence-electron chi connectivity index (χ2n) is 5.86. The van der Waals surface area contributed by atoms with Crippen molar-refractivity contribution in [3.63, 3.8) is 0 Å². The molecule has 0 spiro atoms. The molecule has 1 heterocycles. The number of carbonyl (C=O) groups excluding carboxylic acids is 2. The fourth-order valence-corrected chi connectivity index (χ4v) is 3.03. The Bertz CT molecular complexity index is 1020. The van der Waals surface area contributed by atoms with Crippen molar-refractivity contribution in [2.75, 3.05) is 0 Å². The SMILES string of the molecule is Cc1c(C(=O)NNC(=O)C(C)Oc2cccc(Br)c2)oc2ccc(Cl)cc12. The summed E-state index contributed by atoms with van der Waals surface area (Å²) in [5.74, 6) is -0.431. The molecule has 2 N–H and O–H groups in total.